The standard InChI is InChI=1S/CH3O4Si4/c1-9-4-7-2-6-3-8-5-9/h1H3. The molecule has 0 N–H and O–H groups in total. The Balaban J connectivity index is 2.12. The zero-order valence-corrected chi connectivity index (χ0v) is 8.63. The summed E-state index contributed by atoms with van der Waals surface area (Å²) >= 11 is 0. The van der Waals surface area contributed by atoms with Crippen molar-refractivity contribution >= 4 is 39.3 Å². The summed E-state index contributed by atoms with van der Waals surface area (Å²) in [5.41, 5.74) is 0. The van der Waals surface area contributed by atoms with Crippen LogP contribution >= 0.6 is 0 Å². The molecule has 0 atom stereocenters. The molecular weight excluding hydrogens is 188 g/mol. The second-order valence-electron chi connectivity index (χ2n) is 1.15. The summed E-state index contributed by atoms with van der Waals surface area (Å²) in [5, 5.41) is 0. The minimum absolute atomic E-state index is 0.0710. The van der Waals surface area contributed by atoms with Crippen LogP contribution in [0.15, 0.2) is 0 Å². The smallest absolute Gasteiger partial charge is 0.412 e. The van der Waals surface area contributed by atoms with E-state index in [-0.39, 0.29) is 30.0 Å². The lowest BCUT2D eigenvalue weighted by Crippen LogP contribution is -2.30. The highest BCUT2D eigenvalue weighted by Crippen LogP contribution is 1.89. The van der Waals surface area contributed by atoms with Gasteiger partial charge in [-0.05, 0) is 6.55 Å². The molecule has 7 radical (unpaired) electrons. The minimum atomic E-state index is -1.07. The Kier molecular flexibility index (Phi) is 3.92. The van der Waals surface area contributed by atoms with Gasteiger partial charge in [0.2, 0.25) is 0 Å². The summed E-state index contributed by atoms with van der Waals surface area (Å²) < 4.78 is 20.0. The monoisotopic (exact) mass is 191 g/mol. The maximum Gasteiger partial charge on any atom is 0.412 e. The first kappa shape index (κ1) is 7.81. The quantitative estimate of drug-likeness (QED) is 0.450. The highest BCUT2D eigenvalue weighted by atomic mass is 28.4. The molecule has 1 saturated heterocycles. The molecule has 0 unspecified atom stereocenters. The van der Waals surface area contributed by atoms with Crippen molar-refractivity contribution in [3.63, 3.8) is 0 Å². The van der Waals surface area contributed by atoms with Crippen LogP contribution in [-0.4, -0.2) is 39.3 Å². The largest absolute Gasteiger partial charge is 0.413 e. The van der Waals surface area contributed by atoms with Gasteiger partial charge in [0.25, 0.3) is 0 Å². The number of rotatable bonds is 0. The molecule has 47 valence electrons. The van der Waals surface area contributed by atoms with Crippen molar-refractivity contribution in [1.29, 1.82) is 0 Å². The van der Waals surface area contributed by atoms with Crippen LogP contribution in [0.2, 0.25) is 6.55 Å². The Morgan fingerprint density at radius 3 is 2.11 bits per heavy atom. The molecule has 1 rings (SSSR count). The predicted molar refractivity (Wildman–Crippen MR) is 33.2 cm³/mol. The van der Waals surface area contributed by atoms with Gasteiger partial charge in [0, 0.05) is 0 Å². The van der Waals surface area contributed by atoms with E-state index in [9.17, 15) is 0 Å². The molecule has 8 heteroatoms. The van der Waals surface area contributed by atoms with E-state index in [4.69, 9.17) is 16.5 Å². The predicted octanol–water partition coefficient (Wildman–Crippen LogP) is -1.21. The molecule has 0 amide bonds. The van der Waals surface area contributed by atoms with Crippen LogP contribution in [0.4, 0.5) is 0 Å². The van der Waals surface area contributed by atoms with E-state index < -0.39 is 9.28 Å². The Morgan fingerprint density at radius 2 is 1.56 bits per heavy atom. The van der Waals surface area contributed by atoms with E-state index in [1.807, 2.05) is 6.55 Å². The first-order valence-electron chi connectivity index (χ1n) is 2.13. The molecule has 1 heterocycles. The highest BCUT2D eigenvalue weighted by molar-refractivity contribution is 6.59. The Bertz CT molecular complexity index is 71.0. The molecule has 0 aliphatic carbocycles. The van der Waals surface area contributed by atoms with Crippen LogP contribution in [0.1, 0.15) is 0 Å². The summed E-state index contributed by atoms with van der Waals surface area (Å²) in [6, 6.07) is 0. The molecule has 0 saturated carbocycles. The van der Waals surface area contributed by atoms with Crippen molar-refractivity contribution in [2.45, 2.75) is 6.55 Å². The first-order chi connectivity index (χ1) is 4.39. The zero-order chi connectivity index (χ0) is 6.53. The maximum absolute atomic E-state index is 5.10. The third-order valence-corrected chi connectivity index (χ3v) is 4.84. The van der Waals surface area contributed by atoms with Gasteiger partial charge in [0.05, 0.1) is 0 Å². The van der Waals surface area contributed by atoms with Crippen LogP contribution in [0.5, 0.6) is 0 Å². The van der Waals surface area contributed by atoms with E-state index >= 15 is 0 Å². The normalized spacial score (nSPS) is 25.0. The summed E-state index contributed by atoms with van der Waals surface area (Å²) in [5.74, 6) is 0. The van der Waals surface area contributed by atoms with Gasteiger partial charge in [0.15, 0.2) is 0 Å². The van der Waals surface area contributed by atoms with E-state index in [0.29, 0.717) is 0 Å². The lowest BCUT2D eigenvalue weighted by atomic mass is 11.9. The first-order valence-corrected chi connectivity index (χ1v) is 6.40. The Hall–Kier alpha value is 0.708. The van der Waals surface area contributed by atoms with Crippen LogP contribution < -0.4 is 0 Å². The van der Waals surface area contributed by atoms with Gasteiger partial charge < -0.3 is 16.5 Å². The average Bonchev–Trinajstić information content (AvgIpc) is 1.79. The van der Waals surface area contributed by atoms with Gasteiger partial charge in [0.1, 0.15) is 0 Å². The third kappa shape index (κ3) is 3.42. The summed E-state index contributed by atoms with van der Waals surface area (Å²) in [6.07, 6.45) is 0. The van der Waals surface area contributed by atoms with Gasteiger partial charge in [-0.15, -0.1) is 0 Å². The molecule has 0 spiro atoms. The average molecular weight is 191 g/mol. The molecule has 1 fully saturated rings. The van der Waals surface area contributed by atoms with Gasteiger partial charge in [-0.2, -0.15) is 0 Å². The second kappa shape index (κ2) is 4.51. The highest BCUT2D eigenvalue weighted by Gasteiger charge is 2.14. The van der Waals surface area contributed by atoms with Crippen LogP contribution in [0.25, 0.3) is 0 Å². The van der Waals surface area contributed by atoms with E-state index in [2.05, 4.69) is 0 Å². The maximum atomic E-state index is 5.10. The molecule has 0 bridgehead atoms. The molecule has 9 heavy (non-hydrogen) atoms. The molecule has 0 aromatic heterocycles. The molecule has 1 aliphatic heterocycles. The minimum Gasteiger partial charge on any atom is -0.413 e. The van der Waals surface area contributed by atoms with E-state index in [1.54, 1.807) is 0 Å². The second-order valence-corrected chi connectivity index (χ2v) is 5.90. The topological polar surface area (TPSA) is 36.9 Å². The fourth-order valence-electron chi connectivity index (χ4n) is 0.235. The van der Waals surface area contributed by atoms with Gasteiger partial charge in [-0.3, -0.25) is 0 Å². The molecule has 4 nitrogen and oxygen atoms in total. The van der Waals surface area contributed by atoms with Crippen molar-refractivity contribution in [2.24, 2.45) is 0 Å². The van der Waals surface area contributed by atoms with Crippen LogP contribution in [0.3, 0.4) is 0 Å². The van der Waals surface area contributed by atoms with E-state index in [1.165, 1.54) is 0 Å². The molecule has 0 aromatic rings. The lowest BCUT2D eigenvalue weighted by Gasteiger charge is -2.11. The van der Waals surface area contributed by atoms with Gasteiger partial charge in [-0.25, -0.2) is 0 Å². The van der Waals surface area contributed by atoms with Crippen molar-refractivity contribution in [3.05, 3.63) is 0 Å². The SMILES string of the molecule is C[Si]1O[Si]O[Si]O[Si]O1. The van der Waals surface area contributed by atoms with Crippen molar-refractivity contribution in [2.75, 3.05) is 0 Å². The summed E-state index contributed by atoms with van der Waals surface area (Å²) in [6.45, 7) is 1.91. The Morgan fingerprint density at radius 1 is 1.00 bits per heavy atom. The van der Waals surface area contributed by atoms with Crippen molar-refractivity contribution in [3.8, 4) is 0 Å². The fraction of sp³-hybridized carbons (Fsp3) is 1.00. The van der Waals surface area contributed by atoms with Crippen LogP contribution in [-0.2, 0) is 16.5 Å². The zero-order valence-electron chi connectivity index (χ0n) is 4.63. The molecular formula is CH3O4Si4. The Labute approximate surface area is 62.9 Å². The number of hydrogen-bond acceptors (Lipinski definition) is 4. The third-order valence-electron chi connectivity index (χ3n) is 0.537. The van der Waals surface area contributed by atoms with E-state index in [0.717, 1.165) is 0 Å². The van der Waals surface area contributed by atoms with Crippen LogP contribution in [0, 0.1) is 0 Å². The summed E-state index contributed by atoms with van der Waals surface area (Å²) in [7, 11) is -0.836. The molecule has 1 aliphatic rings. The van der Waals surface area contributed by atoms with Crippen molar-refractivity contribution < 1.29 is 16.5 Å². The van der Waals surface area contributed by atoms with Gasteiger partial charge >= 0.3 is 39.3 Å². The lowest BCUT2D eigenvalue weighted by molar-refractivity contribution is 0.333. The fourth-order valence-corrected chi connectivity index (χ4v) is 3.61. The molecule has 0 aromatic carbocycles. The summed E-state index contributed by atoms with van der Waals surface area (Å²) in [4.78, 5) is 0. The van der Waals surface area contributed by atoms with Gasteiger partial charge in [-0.1, -0.05) is 0 Å². The number of hydrogen-bond donors (Lipinski definition) is 0. The van der Waals surface area contributed by atoms with Crippen molar-refractivity contribution in [1.82, 2.24) is 0 Å².